The summed E-state index contributed by atoms with van der Waals surface area (Å²) in [4.78, 5) is 1.84. The van der Waals surface area contributed by atoms with Crippen molar-refractivity contribution in [3.05, 3.63) is 40.4 Å². The highest BCUT2D eigenvalue weighted by Gasteiger charge is 1.87. The van der Waals surface area contributed by atoms with Crippen LogP contribution in [0, 0.1) is 0 Å². The van der Waals surface area contributed by atoms with Gasteiger partial charge in [-0.05, 0) is 22.2 Å². The highest BCUT2D eigenvalue weighted by molar-refractivity contribution is 9.11. The Balaban J connectivity index is 2.82. The lowest BCUT2D eigenvalue weighted by molar-refractivity contribution is 1.07. The fourth-order valence-electron chi connectivity index (χ4n) is 0.838. The van der Waals surface area contributed by atoms with Crippen molar-refractivity contribution < 1.29 is 0 Å². The van der Waals surface area contributed by atoms with Crippen LogP contribution >= 0.6 is 15.9 Å². The Morgan fingerprint density at radius 1 is 1.27 bits per heavy atom. The van der Waals surface area contributed by atoms with E-state index in [-0.39, 0.29) is 0 Å². The Morgan fingerprint density at radius 3 is 2.36 bits per heavy atom. The first-order chi connectivity index (χ1) is 5.36. The zero-order valence-corrected chi connectivity index (χ0v) is 7.71. The molecule has 2 heteroatoms. The fraction of sp³-hybridized carbons (Fsp3) is 0.111. The van der Waals surface area contributed by atoms with Crippen LogP contribution in [-0.2, 0) is 6.54 Å². The molecule has 0 saturated heterocycles. The highest BCUT2D eigenvalue weighted by atomic mass is 79.9. The molecule has 1 aromatic rings. The van der Waals surface area contributed by atoms with Gasteiger partial charge in [-0.3, -0.25) is 0 Å². The van der Waals surface area contributed by atoms with E-state index < -0.39 is 0 Å². The smallest absolute Gasteiger partial charge is 0.0178 e. The number of halogens is 1. The van der Waals surface area contributed by atoms with Gasteiger partial charge in [0, 0.05) is 6.54 Å². The van der Waals surface area contributed by atoms with Gasteiger partial charge in [0.2, 0.25) is 0 Å². The predicted molar refractivity (Wildman–Crippen MR) is 52.3 cm³/mol. The molecular weight excluding hydrogens is 202 g/mol. The van der Waals surface area contributed by atoms with Gasteiger partial charge in [-0.2, -0.15) is 0 Å². The first-order valence-electron chi connectivity index (χ1n) is 3.42. The normalized spacial score (nSPS) is 10.7. The maximum atomic E-state index is 5.45. The average Bonchev–Trinajstić information content (AvgIpc) is 2.07. The maximum absolute atomic E-state index is 5.45. The largest absolute Gasteiger partial charge is 0.326 e. The summed E-state index contributed by atoms with van der Waals surface area (Å²) in [5.74, 6) is 0. The zero-order valence-electron chi connectivity index (χ0n) is 6.13. The molecule has 0 spiro atoms. The van der Waals surface area contributed by atoms with Crippen LogP contribution in [0.2, 0.25) is 0 Å². The lowest BCUT2D eigenvalue weighted by atomic mass is 10.1. The van der Waals surface area contributed by atoms with E-state index in [0.717, 1.165) is 5.56 Å². The van der Waals surface area contributed by atoms with E-state index in [1.165, 1.54) is 5.56 Å². The van der Waals surface area contributed by atoms with E-state index in [4.69, 9.17) is 5.73 Å². The van der Waals surface area contributed by atoms with E-state index in [1.54, 1.807) is 0 Å². The lowest BCUT2D eigenvalue weighted by Gasteiger charge is -1.95. The van der Waals surface area contributed by atoms with Gasteiger partial charge < -0.3 is 5.73 Å². The number of nitrogens with two attached hydrogens (primary N) is 1. The van der Waals surface area contributed by atoms with Crippen LogP contribution in [0.15, 0.2) is 29.3 Å². The minimum absolute atomic E-state index is 0.609. The summed E-state index contributed by atoms with van der Waals surface area (Å²) in [6.07, 6.45) is 1.99. The van der Waals surface area contributed by atoms with Crippen molar-refractivity contribution in [1.82, 2.24) is 0 Å². The van der Waals surface area contributed by atoms with Gasteiger partial charge in [0.25, 0.3) is 0 Å². The third kappa shape index (κ3) is 2.48. The van der Waals surface area contributed by atoms with Crippen LogP contribution < -0.4 is 5.73 Å². The molecule has 0 radical (unpaired) electrons. The maximum Gasteiger partial charge on any atom is 0.0178 e. The quantitative estimate of drug-likeness (QED) is 0.800. The minimum atomic E-state index is 0.609. The molecule has 0 atom stereocenters. The molecule has 0 heterocycles. The Bertz CT molecular complexity index is 238. The van der Waals surface area contributed by atoms with E-state index in [1.807, 2.05) is 35.3 Å². The van der Waals surface area contributed by atoms with Crippen molar-refractivity contribution in [3.63, 3.8) is 0 Å². The molecule has 0 bridgehead atoms. The number of hydrogen-bond donors (Lipinski definition) is 1. The molecule has 0 unspecified atom stereocenters. The number of rotatable bonds is 2. The van der Waals surface area contributed by atoms with Gasteiger partial charge in [-0.1, -0.05) is 40.2 Å². The summed E-state index contributed by atoms with van der Waals surface area (Å²) in [7, 11) is 0. The first kappa shape index (κ1) is 8.50. The number of benzene rings is 1. The van der Waals surface area contributed by atoms with Crippen molar-refractivity contribution in [3.8, 4) is 0 Å². The Morgan fingerprint density at radius 2 is 1.91 bits per heavy atom. The van der Waals surface area contributed by atoms with Crippen LogP contribution in [0.25, 0.3) is 6.08 Å². The summed E-state index contributed by atoms with van der Waals surface area (Å²) in [5, 5.41) is 0. The highest BCUT2D eigenvalue weighted by Crippen LogP contribution is 2.06. The molecule has 0 aromatic heterocycles. The van der Waals surface area contributed by atoms with Gasteiger partial charge in [-0.25, -0.2) is 0 Å². The molecular formula is C9H10BrN. The standard InChI is InChI=1S/C9H10BrN/c10-6-5-8-1-3-9(7-11)4-2-8/h1-6H,7,11H2. The fourth-order valence-corrected chi connectivity index (χ4v) is 1.14. The van der Waals surface area contributed by atoms with Crippen molar-refractivity contribution in [2.24, 2.45) is 5.73 Å². The van der Waals surface area contributed by atoms with Gasteiger partial charge in [-0.15, -0.1) is 0 Å². The van der Waals surface area contributed by atoms with E-state index >= 15 is 0 Å². The average molecular weight is 212 g/mol. The van der Waals surface area contributed by atoms with E-state index in [0.29, 0.717) is 6.54 Å². The third-order valence-corrected chi connectivity index (χ3v) is 1.74. The van der Waals surface area contributed by atoms with Crippen LogP contribution in [-0.4, -0.2) is 0 Å². The van der Waals surface area contributed by atoms with E-state index in [2.05, 4.69) is 15.9 Å². The van der Waals surface area contributed by atoms with Crippen LogP contribution in [0.1, 0.15) is 11.1 Å². The van der Waals surface area contributed by atoms with Crippen LogP contribution in [0.4, 0.5) is 0 Å². The summed E-state index contributed by atoms with van der Waals surface area (Å²) in [6, 6.07) is 8.14. The van der Waals surface area contributed by atoms with Crippen molar-refractivity contribution >= 4 is 22.0 Å². The molecule has 58 valence electrons. The van der Waals surface area contributed by atoms with Gasteiger partial charge >= 0.3 is 0 Å². The van der Waals surface area contributed by atoms with Crippen LogP contribution in [0.5, 0.6) is 0 Å². The lowest BCUT2D eigenvalue weighted by Crippen LogP contribution is -1.94. The van der Waals surface area contributed by atoms with Gasteiger partial charge in [0.15, 0.2) is 0 Å². The summed E-state index contributed by atoms with van der Waals surface area (Å²) < 4.78 is 0. The predicted octanol–water partition coefficient (Wildman–Crippen LogP) is 2.51. The summed E-state index contributed by atoms with van der Waals surface area (Å²) in [6.45, 7) is 0.609. The second kappa shape index (κ2) is 4.31. The Kier molecular flexibility index (Phi) is 3.33. The van der Waals surface area contributed by atoms with Crippen molar-refractivity contribution in [1.29, 1.82) is 0 Å². The molecule has 0 saturated carbocycles. The molecule has 1 aromatic carbocycles. The third-order valence-electron chi connectivity index (χ3n) is 1.47. The molecule has 1 rings (SSSR count). The summed E-state index contributed by atoms with van der Waals surface area (Å²) in [5.41, 5.74) is 7.79. The SMILES string of the molecule is NCc1ccc(C=CBr)cc1. The molecule has 1 nitrogen and oxygen atoms in total. The van der Waals surface area contributed by atoms with Gasteiger partial charge in [0.1, 0.15) is 0 Å². The monoisotopic (exact) mass is 211 g/mol. The minimum Gasteiger partial charge on any atom is -0.326 e. The van der Waals surface area contributed by atoms with Crippen LogP contribution in [0.3, 0.4) is 0 Å². The zero-order chi connectivity index (χ0) is 8.10. The van der Waals surface area contributed by atoms with Crippen molar-refractivity contribution in [2.45, 2.75) is 6.54 Å². The Labute approximate surface area is 75.0 Å². The molecule has 0 aliphatic rings. The van der Waals surface area contributed by atoms with Crippen molar-refractivity contribution in [2.75, 3.05) is 0 Å². The van der Waals surface area contributed by atoms with E-state index in [9.17, 15) is 0 Å². The molecule has 0 fully saturated rings. The topological polar surface area (TPSA) is 26.0 Å². The first-order valence-corrected chi connectivity index (χ1v) is 4.34. The molecule has 0 aliphatic heterocycles. The Hall–Kier alpha value is -0.600. The molecule has 0 amide bonds. The van der Waals surface area contributed by atoms with Gasteiger partial charge in [0.05, 0.1) is 0 Å². The molecule has 2 N–H and O–H groups in total. The second-order valence-electron chi connectivity index (χ2n) is 2.24. The molecule has 11 heavy (non-hydrogen) atoms. The number of hydrogen-bond acceptors (Lipinski definition) is 1. The second-order valence-corrected chi connectivity index (χ2v) is 2.77. The summed E-state index contributed by atoms with van der Waals surface area (Å²) >= 11 is 3.22. The molecule has 0 aliphatic carbocycles.